The molecule has 5 heteroatoms. The zero-order valence-corrected chi connectivity index (χ0v) is 17.1. The smallest absolute Gasteiger partial charge is 0.263 e. The monoisotopic (exact) mass is 375 g/mol. The summed E-state index contributed by atoms with van der Waals surface area (Å²) in [6.45, 7) is 4.97. The Morgan fingerprint density at radius 1 is 1.08 bits per heavy atom. The second-order valence-electron chi connectivity index (χ2n) is 7.09. The quantitative estimate of drug-likeness (QED) is 0.458. The van der Waals surface area contributed by atoms with Crippen molar-refractivity contribution in [2.75, 3.05) is 12.3 Å². The summed E-state index contributed by atoms with van der Waals surface area (Å²) < 4.78 is 0. The maximum absolute atomic E-state index is 12.4. The van der Waals surface area contributed by atoms with Gasteiger partial charge in [0.05, 0.1) is 5.69 Å². The molecule has 0 atom stereocenters. The van der Waals surface area contributed by atoms with Crippen LogP contribution in [0.1, 0.15) is 86.4 Å². The predicted molar refractivity (Wildman–Crippen MR) is 113 cm³/mol. The molecule has 2 rings (SSSR count). The summed E-state index contributed by atoms with van der Waals surface area (Å²) in [7, 11) is 0. The second kappa shape index (κ2) is 11.2. The number of hydrogen-bond acceptors (Lipinski definition) is 4. The van der Waals surface area contributed by atoms with E-state index in [-0.39, 0.29) is 5.91 Å². The fraction of sp³-hybridized carbons (Fsp3) is 0.619. The highest BCUT2D eigenvalue weighted by atomic mass is 32.1. The molecule has 0 aliphatic carbocycles. The zero-order valence-electron chi connectivity index (χ0n) is 16.3. The van der Waals surface area contributed by atoms with Gasteiger partial charge >= 0.3 is 0 Å². The minimum atomic E-state index is -0.0687. The third-order valence-corrected chi connectivity index (χ3v) is 5.97. The molecule has 2 heterocycles. The number of nitrogens with two attached hydrogens (primary N) is 1. The van der Waals surface area contributed by atoms with Gasteiger partial charge in [-0.2, -0.15) is 0 Å². The fourth-order valence-corrected chi connectivity index (χ4v) is 4.32. The van der Waals surface area contributed by atoms with E-state index >= 15 is 0 Å². The molecule has 144 valence electrons. The van der Waals surface area contributed by atoms with Crippen molar-refractivity contribution in [2.45, 2.75) is 78.1 Å². The van der Waals surface area contributed by atoms with E-state index in [1.807, 2.05) is 13.0 Å². The lowest BCUT2D eigenvalue weighted by atomic mass is 10.1. The highest BCUT2D eigenvalue weighted by molar-refractivity contribution is 7.21. The molecule has 0 unspecified atom stereocenters. The molecule has 2 aromatic heterocycles. The Labute approximate surface area is 161 Å². The molecule has 0 bridgehead atoms. The van der Waals surface area contributed by atoms with Gasteiger partial charge < -0.3 is 11.1 Å². The highest BCUT2D eigenvalue weighted by Crippen LogP contribution is 2.34. The SMILES string of the molecule is CCCCCCCCCCCCNC(=O)c1sc2nccc(C)c2c1N. The largest absolute Gasteiger partial charge is 0.397 e. The number of nitrogen functional groups attached to an aromatic ring is 1. The van der Waals surface area contributed by atoms with Gasteiger partial charge in [0, 0.05) is 18.1 Å². The number of hydrogen-bond donors (Lipinski definition) is 2. The lowest BCUT2D eigenvalue weighted by Gasteiger charge is -2.05. The van der Waals surface area contributed by atoms with Crippen LogP contribution in [-0.2, 0) is 0 Å². The first kappa shape index (κ1) is 20.7. The number of anilines is 1. The Balaban J connectivity index is 1.63. The zero-order chi connectivity index (χ0) is 18.8. The van der Waals surface area contributed by atoms with Gasteiger partial charge in [-0.25, -0.2) is 4.98 Å². The van der Waals surface area contributed by atoms with Gasteiger partial charge in [-0.1, -0.05) is 64.7 Å². The summed E-state index contributed by atoms with van der Waals surface area (Å²) in [5, 5.41) is 3.93. The van der Waals surface area contributed by atoms with E-state index in [0.717, 1.165) is 28.7 Å². The summed E-state index contributed by atoms with van der Waals surface area (Å²) >= 11 is 1.38. The number of aromatic nitrogens is 1. The molecular formula is C21H33N3OS. The number of nitrogens with one attached hydrogen (secondary N) is 1. The number of amides is 1. The number of rotatable bonds is 12. The van der Waals surface area contributed by atoms with Crippen molar-refractivity contribution in [3.63, 3.8) is 0 Å². The van der Waals surface area contributed by atoms with Crippen LogP contribution in [0.4, 0.5) is 5.69 Å². The van der Waals surface area contributed by atoms with E-state index < -0.39 is 0 Å². The van der Waals surface area contributed by atoms with Gasteiger partial charge in [-0.3, -0.25) is 4.79 Å². The Hall–Kier alpha value is -1.62. The standard InChI is InChI=1S/C21H33N3OS/c1-3-4-5-6-7-8-9-10-11-12-14-23-20(25)19-18(22)17-16(2)13-15-24-21(17)26-19/h13,15H,3-12,14,22H2,1-2H3,(H,23,25). The van der Waals surface area contributed by atoms with E-state index in [0.29, 0.717) is 10.6 Å². The number of thiophene rings is 1. The molecule has 0 saturated carbocycles. The van der Waals surface area contributed by atoms with Crippen molar-refractivity contribution < 1.29 is 4.79 Å². The van der Waals surface area contributed by atoms with Crippen molar-refractivity contribution >= 4 is 33.1 Å². The summed E-state index contributed by atoms with van der Waals surface area (Å²) in [5.41, 5.74) is 7.81. The molecule has 0 fully saturated rings. The summed E-state index contributed by atoms with van der Waals surface area (Å²) in [6.07, 6.45) is 14.7. The molecule has 4 nitrogen and oxygen atoms in total. The van der Waals surface area contributed by atoms with E-state index in [1.54, 1.807) is 6.20 Å². The van der Waals surface area contributed by atoms with Gasteiger partial charge in [0.15, 0.2) is 0 Å². The van der Waals surface area contributed by atoms with Gasteiger partial charge in [0.2, 0.25) is 0 Å². The molecule has 0 saturated heterocycles. The summed E-state index contributed by atoms with van der Waals surface area (Å²) in [6, 6.07) is 1.93. The van der Waals surface area contributed by atoms with Crippen LogP contribution in [0.3, 0.4) is 0 Å². The Bertz CT molecular complexity index is 696. The molecule has 0 aliphatic rings. The van der Waals surface area contributed by atoms with Crippen LogP contribution in [0.5, 0.6) is 0 Å². The van der Waals surface area contributed by atoms with E-state index in [4.69, 9.17) is 5.73 Å². The molecule has 26 heavy (non-hydrogen) atoms. The first-order valence-corrected chi connectivity index (χ1v) is 10.9. The molecule has 3 N–H and O–H groups in total. The molecular weight excluding hydrogens is 342 g/mol. The van der Waals surface area contributed by atoms with E-state index in [1.165, 1.54) is 69.1 Å². The van der Waals surface area contributed by atoms with Gasteiger partial charge in [-0.05, 0) is 25.0 Å². The Morgan fingerprint density at radius 2 is 1.69 bits per heavy atom. The Kier molecular flexibility index (Phi) is 8.89. The molecule has 2 aromatic rings. The maximum atomic E-state index is 12.4. The molecule has 0 spiro atoms. The third kappa shape index (κ3) is 5.97. The number of pyridine rings is 1. The van der Waals surface area contributed by atoms with Crippen LogP contribution in [0, 0.1) is 6.92 Å². The van der Waals surface area contributed by atoms with Crippen LogP contribution in [0.2, 0.25) is 0 Å². The lowest BCUT2D eigenvalue weighted by molar-refractivity contribution is 0.0958. The van der Waals surface area contributed by atoms with Crippen molar-refractivity contribution in [2.24, 2.45) is 0 Å². The second-order valence-corrected chi connectivity index (χ2v) is 8.09. The van der Waals surface area contributed by atoms with Crippen LogP contribution in [0.25, 0.3) is 10.2 Å². The third-order valence-electron chi connectivity index (χ3n) is 4.86. The maximum Gasteiger partial charge on any atom is 0.263 e. The predicted octanol–water partition coefficient (Wildman–Crippen LogP) is 5.84. The van der Waals surface area contributed by atoms with Crippen molar-refractivity contribution in [3.05, 3.63) is 22.7 Å². The minimum Gasteiger partial charge on any atom is -0.397 e. The number of unbranched alkanes of at least 4 members (excludes halogenated alkanes) is 9. The molecule has 0 aromatic carbocycles. The number of aryl methyl sites for hydroxylation is 1. The Morgan fingerprint density at radius 3 is 2.31 bits per heavy atom. The topological polar surface area (TPSA) is 68.0 Å². The first-order valence-electron chi connectivity index (χ1n) is 10.1. The lowest BCUT2D eigenvalue weighted by Crippen LogP contribution is -2.24. The normalized spacial score (nSPS) is 11.2. The minimum absolute atomic E-state index is 0.0687. The fourth-order valence-electron chi connectivity index (χ4n) is 3.27. The van der Waals surface area contributed by atoms with Gasteiger partial charge in [0.1, 0.15) is 9.71 Å². The van der Waals surface area contributed by atoms with Gasteiger partial charge in [0.25, 0.3) is 5.91 Å². The van der Waals surface area contributed by atoms with E-state index in [9.17, 15) is 4.79 Å². The molecule has 0 aliphatic heterocycles. The number of nitrogens with zero attached hydrogens (tertiary/aromatic N) is 1. The average molecular weight is 376 g/mol. The summed E-state index contributed by atoms with van der Waals surface area (Å²) in [5.74, 6) is -0.0687. The number of carbonyl (C=O) groups is 1. The van der Waals surface area contributed by atoms with E-state index in [2.05, 4.69) is 17.2 Å². The van der Waals surface area contributed by atoms with Crippen LogP contribution >= 0.6 is 11.3 Å². The highest BCUT2D eigenvalue weighted by Gasteiger charge is 2.17. The van der Waals surface area contributed by atoms with Crippen LogP contribution in [-0.4, -0.2) is 17.4 Å². The van der Waals surface area contributed by atoms with Crippen molar-refractivity contribution in [3.8, 4) is 0 Å². The number of fused-ring (bicyclic) bond motifs is 1. The first-order chi connectivity index (χ1) is 12.6. The molecule has 1 amide bonds. The molecule has 0 radical (unpaired) electrons. The van der Waals surface area contributed by atoms with Crippen LogP contribution in [0.15, 0.2) is 12.3 Å². The van der Waals surface area contributed by atoms with Crippen molar-refractivity contribution in [1.82, 2.24) is 10.3 Å². The number of carbonyl (C=O) groups excluding carboxylic acids is 1. The summed E-state index contributed by atoms with van der Waals surface area (Å²) in [4.78, 5) is 18.2. The average Bonchev–Trinajstić information content (AvgIpc) is 2.97. The van der Waals surface area contributed by atoms with Crippen LogP contribution < -0.4 is 11.1 Å². The van der Waals surface area contributed by atoms with Crippen molar-refractivity contribution in [1.29, 1.82) is 0 Å². The van der Waals surface area contributed by atoms with Gasteiger partial charge in [-0.15, -0.1) is 11.3 Å².